The van der Waals surface area contributed by atoms with Crippen molar-refractivity contribution in [2.24, 2.45) is 10.2 Å². The van der Waals surface area contributed by atoms with Gasteiger partial charge in [-0.1, -0.05) is 0 Å². The van der Waals surface area contributed by atoms with E-state index in [1.54, 1.807) is 18.2 Å². The standard InChI is InChI=1S/C13H8N4O6/c18-16(19)9-2-3-10(11(6-9)17(20)21)15-14-8-1-4-12-13(5-8)23-7-22-12/h1-6H,7H2. The van der Waals surface area contributed by atoms with Crippen molar-refractivity contribution >= 4 is 22.7 Å². The normalized spacial score (nSPS) is 12.5. The van der Waals surface area contributed by atoms with Crippen molar-refractivity contribution in [1.29, 1.82) is 0 Å². The lowest BCUT2D eigenvalue weighted by Crippen LogP contribution is -1.92. The van der Waals surface area contributed by atoms with Crippen molar-refractivity contribution in [3.8, 4) is 11.5 Å². The minimum absolute atomic E-state index is 0.0849. The fourth-order valence-electron chi connectivity index (χ4n) is 1.92. The summed E-state index contributed by atoms with van der Waals surface area (Å²) >= 11 is 0. The van der Waals surface area contributed by atoms with Crippen LogP contribution >= 0.6 is 0 Å². The van der Waals surface area contributed by atoms with Crippen LogP contribution in [-0.4, -0.2) is 16.6 Å². The van der Waals surface area contributed by atoms with Gasteiger partial charge in [-0.25, -0.2) is 0 Å². The highest BCUT2D eigenvalue weighted by atomic mass is 16.7. The van der Waals surface area contributed by atoms with Gasteiger partial charge < -0.3 is 9.47 Å². The number of azo groups is 1. The van der Waals surface area contributed by atoms with Gasteiger partial charge >= 0.3 is 5.69 Å². The Bertz CT molecular complexity index is 835. The van der Waals surface area contributed by atoms with E-state index in [4.69, 9.17) is 9.47 Å². The Labute approximate surface area is 128 Å². The van der Waals surface area contributed by atoms with Crippen LogP contribution in [0.5, 0.6) is 11.5 Å². The number of ether oxygens (including phenoxy) is 2. The van der Waals surface area contributed by atoms with E-state index in [9.17, 15) is 20.2 Å². The molecule has 0 aromatic heterocycles. The summed E-state index contributed by atoms with van der Waals surface area (Å²) in [6, 6.07) is 7.96. The number of rotatable bonds is 4. The molecule has 0 radical (unpaired) electrons. The van der Waals surface area contributed by atoms with Crippen molar-refractivity contribution < 1.29 is 19.3 Å². The average molecular weight is 316 g/mol. The molecule has 0 saturated heterocycles. The van der Waals surface area contributed by atoms with Crippen molar-refractivity contribution in [2.75, 3.05) is 6.79 Å². The van der Waals surface area contributed by atoms with Gasteiger partial charge in [-0.3, -0.25) is 20.2 Å². The molecule has 0 fully saturated rings. The Balaban J connectivity index is 1.92. The Morgan fingerprint density at radius 3 is 2.43 bits per heavy atom. The highest BCUT2D eigenvalue weighted by Gasteiger charge is 2.19. The molecule has 0 aliphatic carbocycles. The van der Waals surface area contributed by atoms with Gasteiger partial charge in [-0.05, 0) is 18.2 Å². The summed E-state index contributed by atoms with van der Waals surface area (Å²) in [6.07, 6.45) is 0. The van der Waals surface area contributed by atoms with E-state index in [2.05, 4.69) is 10.2 Å². The second kappa shape index (κ2) is 5.67. The predicted octanol–water partition coefficient (Wildman–Crippen LogP) is 3.65. The molecule has 0 atom stereocenters. The van der Waals surface area contributed by atoms with Crippen molar-refractivity contribution in [3.05, 3.63) is 56.6 Å². The molecule has 10 heteroatoms. The first-order valence-corrected chi connectivity index (χ1v) is 6.29. The Morgan fingerprint density at radius 1 is 0.913 bits per heavy atom. The van der Waals surface area contributed by atoms with E-state index in [0.29, 0.717) is 17.2 Å². The van der Waals surface area contributed by atoms with Crippen LogP contribution in [0.2, 0.25) is 0 Å². The van der Waals surface area contributed by atoms with Gasteiger partial charge in [-0.2, -0.15) is 5.11 Å². The number of non-ortho nitro benzene ring substituents is 1. The number of fused-ring (bicyclic) bond motifs is 1. The molecule has 3 rings (SSSR count). The van der Waals surface area contributed by atoms with Crippen molar-refractivity contribution in [3.63, 3.8) is 0 Å². The smallest absolute Gasteiger partial charge is 0.303 e. The van der Waals surface area contributed by atoms with Gasteiger partial charge in [0, 0.05) is 12.1 Å². The molecule has 1 aliphatic heterocycles. The van der Waals surface area contributed by atoms with Crippen LogP contribution in [0.1, 0.15) is 0 Å². The molecule has 0 N–H and O–H groups in total. The number of nitro benzene ring substituents is 2. The lowest BCUT2D eigenvalue weighted by atomic mass is 10.2. The molecule has 0 saturated carbocycles. The molecule has 1 aliphatic rings. The molecule has 10 nitrogen and oxygen atoms in total. The fourth-order valence-corrected chi connectivity index (χ4v) is 1.92. The topological polar surface area (TPSA) is 129 Å². The summed E-state index contributed by atoms with van der Waals surface area (Å²) < 4.78 is 10.3. The van der Waals surface area contributed by atoms with Crippen molar-refractivity contribution in [2.45, 2.75) is 0 Å². The molecule has 0 amide bonds. The van der Waals surface area contributed by atoms with Gasteiger partial charge in [0.25, 0.3) is 5.69 Å². The lowest BCUT2D eigenvalue weighted by molar-refractivity contribution is -0.393. The fraction of sp³-hybridized carbons (Fsp3) is 0.0769. The van der Waals surface area contributed by atoms with Crippen LogP contribution in [-0.2, 0) is 0 Å². The predicted molar refractivity (Wildman–Crippen MR) is 76.5 cm³/mol. The molecular formula is C13H8N4O6. The van der Waals surface area contributed by atoms with Gasteiger partial charge in [0.2, 0.25) is 6.79 Å². The Hall–Kier alpha value is -3.56. The van der Waals surface area contributed by atoms with Crippen LogP contribution in [0.25, 0.3) is 0 Å². The third-order valence-corrected chi connectivity index (χ3v) is 3.00. The minimum atomic E-state index is -0.749. The molecule has 116 valence electrons. The first-order valence-electron chi connectivity index (χ1n) is 6.29. The summed E-state index contributed by atoms with van der Waals surface area (Å²) in [7, 11) is 0. The average Bonchev–Trinajstić information content (AvgIpc) is 3.00. The van der Waals surface area contributed by atoms with Gasteiger partial charge in [0.1, 0.15) is 0 Å². The largest absolute Gasteiger partial charge is 0.454 e. The quantitative estimate of drug-likeness (QED) is 0.480. The highest BCUT2D eigenvalue weighted by molar-refractivity contribution is 5.62. The van der Waals surface area contributed by atoms with Gasteiger partial charge in [-0.15, -0.1) is 5.11 Å². The summed E-state index contributed by atoms with van der Waals surface area (Å²) in [6.45, 7) is 0.115. The number of nitro groups is 2. The zero-order valence-electron chi connectivity index (χ0n) is 11.4. The summed E-state index contributed by atoms with van der Waals surface area (Å²) in [4.78, 5) is 20.2. The van der Waals surface area contributed by atoms with Crippen LogP contribution in [0.15, 0.2) is 46.6 Å². The van der Waals surface area contributed by atoms with Crippen molar-refractivity contribution in [1.82, 2.24) is 0 Å². The molecule has 2 aromatic carbocycles. The first kappa shape index (κ1) is 14.4. The van der Waals surface area contributed by atoms with E-state index >= 15 is 0 Å². The molecule has 0 spiro atoms. The number of nitrogens with zero attached hydrogens (tertiary/aromatic N) is 4. The maximum absolute atomic E-state index is 11.0. The monoisotopic (exact) mass is 316 g/mol. The summed E-state index contributed by atoms with van der Waals surface area (Å²) in [5.74, 6) is 1.07. The molecular weight excluding hydrogens is 308 g/mol. The molecule has 1 heterocycles. The molecule has 0 bridgehead atoms. The third kappa shape index (κ3) is 2.90. The van der Waals surface area contributed by atoms with Gasteiger partial charge in [0.15, 0.2) is 17.2 Å². The maximum Gasteiger partial charge on any atom is 0.303 e. The van der Waals surface area contributed by atoms with Crippen LogP contribution in [0.3, 0.4) is 0 Å². The number of hydrogen-bond donors (Lipinski definition) is 0. The summed E-state index contributed by atoms with van der Waals surface area (Å²) in [5, 5.41) is 29.4. The maximum atomic E-state index is 11.0. The highest BCUT2D eigenvalue weighted by Crippen LogP contribution is 2.37. The van der Waals surface area contributed by atoms with E-state index < -0.39 is 21.2 Å². The Kier molecular flexibility index (Phi) is 3.55. The number of benzene rings is 2. The number of hydrogen-bond acceptors (Lipinski definition) is 8. The molecule has 23 heavy (non-hydrogen) atoms. The molecule has 2 aromatic rings. The SMILES string of the molecule is O=[N+]([O-])c1ccc(N=Nc2ccc3c(c2)OCO3)c([N+](=O)[O-])c1. The van der Waals surface area contributed by atoms with Crippen LogP contribution in [0.4, 0.5) is 22.7 Å². The lowest BCUT2D eigenvalue weighted by Gasteiger charge is -1.98. The van der Waals surface area contributed by atoms with Crippen LogP contribution in [0, 0.1) is 20.2 Å². The van der Waals surface area contributed by atoms with E-state index in [0.717, 1.165) is 12.1 Å². The summed E-state index contributed by atoms with van der Waals surface area (Å²) in [5.41, 5.74) is -0.567. The van der Waals surface area contributed by atoms with E-state index in [1.807, 2.05) is 0 Å². The van der Waals surface area contributed by atoms with Crippen LogP contribution < -0.4 is 9.47 Å². The first-order chi connectivity index (χ1) is 11.0. The Morgan fingerprint density at radius 2 is 1.70 bits per heavy atom. The second-order valence-corrected chi connectivity index (χ2v) is 4.42. The second-order valence-electron chi connectivity index (χ2n) is 4.42. The van der Waals surface area contributed by atoms with E-state index in [-0.39, 0.29) is 12.5 Å². The van der Waals surface area contributed by atoms with E-state index in [1.165, 1.54) is 6.07 Å². The third-order valence-electron chi connectivity index (χ3n) is 3.00. The zero-order valence-corrected chi connectivity index (χ0v) is 11.4. The van der Waals surface area contributed by atoms with Gasteiger partial charge in [0.05, 0.1) is 21.6 Å². The minimum Gasteiger partial charge on any atom is -0.454 e. The molecule has 0 unspecified atom stereocenters. The zero-order chi connectivity index (χ0) is 16.4.